The van der Waals surface area contributed by atoms with Crippen molar-refractivity contribution in [3.8, 4) is 11.5 Å². The SMILES string of the molecule is COc1cccc(CN(C(=O)COc2ccc(Br)cc2Cl)[C@@H](C)C(=O)NC(C)(C)C)c1. The highest BCUT2D eigenvalue weighted by Crippen LogP contribution is 2.28. The zero-order chi connectivity index (χ0) is 23.2. The lowest BCUT2D eigenvalue weighted by atomic mass is 10.1. The van der Waals surface area contributed by atoms with Gasteiger partial charge in [0.1, 0.15) is 17.5 Å². The molecule has 168 valence electrons. The summed E-state index contributed by atoms with van der Waals surface area (Å²) in [7, 11) is 1.58. The molecule has 2 aromatic rings. The van der Waals surface area contributed by atoms with Gasteiger partial charge < -0.3 is 19.7 Å². The number of hydrogen-bond donors (Lipinski definition) is 1. The Morgan fingerprint density at radius 3 is 2.52 bits per heavy atom. The summed E-state index contributed by atoms with van der Waals surface area (Å²) in [6, 6.07) is 11.8. The van der Waals surface area contributed by atoms with Gasteiger partial charge in [-0.15, -0.1) is 0 Å². The number of nitrogens with one attached hydrogen (secondary N) is 1. The number of rotatable bonds is 8. The van der Waals surface area contributed by atoms with Gasteiger partial charge >= 0.3 is 0 Å². The summed E-state index contributed by atoms with van der Waals surface area (Å²) >= 11 is 9.52. The monoisotopic (exact) mass is 510 g/mol. The zero-order valence-electron chi connectivity index (χ0n) is 18.4. The average molecular weight is 512 g/mol. The quantitative estimate of drug-likeness (QED) is 0.552. The fourth-order valence-corrected chi connectivity index (χ4v) is 3.57. The molecule has 0 fully saturated rings. The number of nitrogens with zero attached hydrogens (tertiary/aromatic N) is 1. The van der Waals surface area contributed by atoms with E-state index in [2.05, 4.69) is 21.2 Å². The first kappa shape index (κ1) is 25.0. The lowest BCUT2D eigenvalue weighted by Crippen LogP contribution is -2.53. The van der Waals surface area contributed by atoms with Crippen LogP contribution in [0, 0.1) is 0 Å². The topological polar surface area (TPSA) is 67.9 Å². The van der Waals surface area contributed by atoms with Crippen LogP contribution in [0.1, 0.15) is 33.3 Å². The zero-order valence-corrected chi connectivity index (χ0v) is 20.7. The Labute approximate surface area is 197 Å². The smallest absolute Gasteiger partial charge is 0.261 e. The predicted molar refractivity (Wildman–Crippen MR) is 126 cm³/mol. The molecule has 0 aliphatic heterocycles. The van der Waals surface area contributed by atoms with Crippen molar-refractivity contribution < 1.29 is 19.1 Å². The van der Waals surface area contributed by atoms with Gasteiger partial charge in [0.2, 0.25) is 5.91 Å². The van der Waals surface area contributed by atoms with Gasteiger partial charge in [-0.3, -0.25) is 9.59 Å². The van der Waals surface area contributed by atoms with Crippen molar-refractivity contribution in [2.24, 2.45) is 0 Å². The van der Waals surface area contributed by atoms with Gasteiger partial charge in [0.25, 0.3) is 5.91 Å². The molecule has 0 aliphatic rings. The fraction of sp³-hybridized carbons (Fsp3) is 0.391. The van der Waals surface area contributed by atoms with Crippen molar-refractivity contribution in [1.82, 2.24) is 10.2 Å². The van der Waals surface area contributed by atoms with Crippen LogP contribution >= 0.6 is 27.5 Å². The van der Waals surface area contributed by atoms with Crippen molar-refractivity contribution in [3.63, 3.8) is 0 Å². The number of hydrogen-bond acceptors (Lipinski definition) is 4. The number of amides is 2. The van der Waals surface area contributed by atoms with E-state index in [-0.39, 0.29) is 25.0 Å². The third-order valence-corrected chi connectivity index (χ3v) is 5.19. The molecule has 31 heavy (non-hydrogen) atoms. The fourth-order valence-electron chi connectivity index (χ4n) is 2.84. The molecule has 2 rings (SSSR count). The Kier molecular flexibility index (Phi) is 8.77. The average Bonchev–Trinajstić information content (AvgIpc) is 2.69. The van der Waals surface area contributed by atoms with Crippen LogP contribution < -0.4 is 14.8 Å². The lowest BCUT2D eigenvalue weighted by molar-refractivity contribution is -0.142. The first-order valence-electron chi connectivity index (χ1n) is 9.82. The highest BCUT2D eigenvalue weighted by Gasteiger charge is 2.29. The van der Waals surface area contributed by atoms with Crippen molar-refractivity contribution >= 4 is 39.3 Å². The van der Waals surface area contributed by atoms with E-state index < -0.39 is 11.6 Å². The Bertz CT molecular complexity index is 930. The van der Waals surface area contributed by atoms with E-state index in [0.29, 0.717) is 16.5 Å². The number of halogens is 2. The first-order valence-corrected chi connectivity index (χ1v) is 11.0. The maximum Gasteiger partial charge on any atom is 0.261 e. The van der Waals surface area contributed by atoms with E-state index >= 15 is 0 Å². The van der Waals surface area contributed by atoms with Crippen LogP contribution in [-0.4, -0.2) is 42.0 Å². The maximum atomic E-state index is 13.1. The summed E-state index contributed by atoms with van der Waals surface area (Å²) in [5.41, 5.74) is 0.419. The second-order valence-corrected chi connectivity index (χ2v) is 9.47. The van der Waals surface area contributed by atoms with Crippen LogP contribution in [0.2, 0.25) is 5.02 Å². The largest absolute Gasteiger partial charge is 0.497 e. The molecule has 0 saturated carbocycles. The molecule has 0 aliphatic carbocycles. The van der Waals surface area contributed by atoms with Crippen LogP contribution in [0.15, 0.2) is 46.9 Å². The number of carbonyl (C=O) groups excluding carboxylic acids is 2. The highest BCUT2D eigenvalue weighted by molar-refractivity contribution is 9.10. The minimum absolute atomic E-state index is 0.228. The van der Waals surface area contributed by atoms with Crippen molar-refractivity contribution in [2.45, 2.75) is 45.8 Å². The van der Waals surface area contributed by atoms with Crippen molar-refractivity contribution in [3.05, 3.63) is 57.5 Å². The molecule has 0 spiro atoms. The molecule has 0 heterocycles. The van der Waals surface area contributed by atoms with Crippen molar-refractivity contribution in [1.29, 1.82) is 0 Å². The maximum absolute atomic E-state index is 13.1. The van der Waals surface area contributed by atoms with Gasteiger partial charge in [-0.05, 0) is 63.6 Å². The third-order valence-electron chi connectivity index (χ3n) is 4.40. The van der Waals surface area contributed by atoms with Gasteiger partial charge in [-0.25, -0.2) is 0 Å². The van der Waals surface area contributed by atoms with Gasteiger partial charge in [0.05, 0.1) is 12.1 Å². The van der Waals surface area contributed by atoms with Crippen LogP contribution in [-0.2, 0) is 16.1 Å². The molecule has 0 saturated heterocycles. The molecular formula is C23H28BrClN2O4. The molecule has 0 bridgehead atoms. The van der Waals surface area contributed by atoms with E-state index in [1.54, 1.807) is 32.2 Å². The number of ether oxygens (including phenoxy) is 2. The van der Waals surface area contributed by atoms with Gasteiger partial charge in [-0.2, -0.15) is 0 Å². The van der Waals surface area contributed by atoms with E-state index in [9.17, 15) is 9.59 Å². The summed E-state index contributed by atoms with van der Waals surface area (Å²) in [5.74, 6) is 0.490. The summed E-state index contributed by atoms with van der Waals surface area (Å²) in [5, 5.41) is 3.32. The molecule has 2 amide bonds. The van der Waals surface area contributed by atoms with Crippen molar-refractivity contribution in [2.75, 3.05) is 13.7 Å². The van der Waals surface area contributed by atoms with Crippen LogP contribution in [0.4, 0.5) is 0 Å². The minimum Gasteiger partial charge on any atom is -0.497 e. The van der Waals surface area contributed by atoms with Gasteiger partial charge in [0, 0.05) is 16.6 Å². The molecule has 8 heteroatoms. The Hall–Kier alpha value is -2.25. The first-order chi connectivity index (χ1) is 14.5. The van der Waals surface area contributed by atoms with E-state index in [4.69, 9.17) is 21.1 Å². The minimum atomic E-state index is -0.707. The van der Waals surface area contributed by atoms with E-state index in [1.807, 2.05) is 45.0 Å². The normalized spacial score (nSPS) is 12.1. The molecule has 0 radical (unpaired) electrons. The molecule has 1 atom stereocenters. The number of methoxy groups -OCH3 is 1. The number of benzene rings is 2. The molecule has 2 aromatic carbocycles. The Morgan fingerprint density at radius 2 is 1.90 bits per heavy atom. The summed E-state index contributed by atoms with van der Waals surface area (Å²) < 4.78 is 11.7. The van der Waals surface area contributed by atoms with E-state index in [1.165, 1.54) is 4.90 Å². The second kappa shape index (κ2) is 10.9. The Balaban J connectivity index is 2.22. The second-order valence-electron chi connectivity index (χ2n) is 8.15. The van der Waals surface area contributed by atoms with Crippen LogP contribution in [0.25, 0.3) is 0 Å². The van der Waals surface area contributed by atoms with Gasteiger partial charge in [0.15, 0.2) is 6.61 Å². The number of carbonyl (C=O) groups is 2. The Morgan fingerprint density at radius 1 is 1.19 bits per heavy atom. The highest BCUT2D eigenvalue weighted by atomic mass is 79.9. The summed E-state index contributed by atoms with van der Waals surface area (Å²) in [4.78, 5) is 27.4. The molecule has 0 unspecified atom stereocenters. The summed E-state index contributed by atoms with van der Waals surface area (Å²) in [6.45, 7) is 7.36. The molecular weight excluding hydrogens is 484 g/mol. The van der Waals surface area contributed by atoms with E-state index in [0.717, 1.165) is 10.0 Å². The third kappa shape index (κ3) is 7.74. The molecule has 1 N–H and O–H groups in total. The van der Waals surface area contributed by atoms with Crippen LogP contribution in [0.3, 0.4) is 0 Å². The molecule has 6 nitrogen and oxygen atoms in total. The standard InChI is InChI=1S/C23H28BrClN2O4/c1-15(22(29)26-23(2,3)4)27(13-16-7-6-8-18(11-16)30-5)21(28)14-31-20-10-9-17(24)12-19(20)25/h6-12,15H,13-14H2,1-5H3,(H,26,29)/t15-/m0/s1. The lowest BCUT2D eigenvalue weighted by Gasteiger charge is -2.31. The van der Waals surface area contributed by atoms with Crippen LogP contribution in [0.5, 0.6) is 11.5 Å². The van der Waals surface area contributed by atoms with Gasteiger partial charge in [-0.1, -0.05) is 39.7 Å². The predicted octanol–water partition coefficient (Wildman–Crippen LogP) is 4.82. The summed E-state index contributed by atoms with van der Waals surface area (Å²) in [6.07, 6.45) is 0. The molecule has 0 aromatic heterocycles.